The smallest absolute Gasteiger partial charge is 0.233 e. The molecule has 0 atom stereocenters. The molecule has 114 valence electrons. The molecule has 0 aromatic heterocycles. The van der Waals surface area contributed by atoms with E-state index in [1.54, 1.807) is 0 Å². The van der Waals surface area contributed by atoms with Crippen LogP contribution in [-0.4, -0.2) is 29.4 Å². The summed E-state index contributed by atoms with van der Waals surface area (Å²) < 4.78 is 0. The maximum atomic E-state index is 12.4. The van der Waals surface area contributed by atoms with E-state index in [1.807, 2.05) is 13.8 Å². The quantitative estimate of drug-likeness (QED) is 0.645. The molecular formula is C14H25N3O2S. The van der Waals surface area contributed by atoms with Crippen LogP contribution in [0.15, 0.2) is 0 Å². The van der Waals surface area contributed by atoms with Crippen molar-refractivity contribution in [1.82, 2.24) is 10.6 Å². The van der Waals surface area contributed by atoms with Gasteiger partial charge in [-0.2, -0.15) is 0 Å². The van der Waals surface area contributed by atoms with E-state index in [2.05, 4.69) is 10.6 Å². The van der Waals surface area contributed by atoms with Crippen LogP contribution in [0.25, 0.3) is 0 Å². The summed E-state index contributed by atoms with van der Waals surface area (Å²) in [5.41, 5.74) is 5.09. The summed E-state index contributed by atoms with van der Waals surface area (Å²) in [6.45, 7) is 4.13. The largest absolute Gasteiger partial charge is 0.392 e. The number of carbonyl (C=O) groups excluding carboxylic acids is 2. The lowest BCUT2D eigenvalue weighted by Crippen LogP contribution is -2.50. The summed E-state index contributed by atoms with van der Waals surface area (Å²) in [6, 6.07) is 0.111. The first-order valence-corrected chi connectivity index (χ1v) is 7.67. The Morgan fingerprint density at radius 3 is 2.35 bits per heavy atom. The molecule has 1 saturated carbocycles. The fourth-order valence-corrected chi connectivity index (χ4v) is 2.89. The van der Waals surface area contributed by atoms with Crippen molar-refractivity contribution >= 4 is 29.0 Å². The highest BCUT2D eigenvalue weighted by Gasteiger charge is 2.42. The van der Waals surface area contributed by atoms with Gasteiger partial charge in [-0.15, -0.1) is 0 Å². The predicted molar refractivity (Wildman–Crippen MR) is 83.2 cm³/mol. The lowest BCUT2D eigenvalue weighted by atomic mass is 9.73. The Labute approximate surface area is 126 Å². The molecule has 5 nitrogen and oxygen atoms in total. The lowest BCUT2D eigenvalue weighted by molar-refractivity contribution is -0.129. The van der Waals surface area contributed by atoms with Crippen molar-refractivity contribution in [1.29, 1.82) is 0 Å². The van der Waals surface area contributed by atoms with E-state index in [0.717, 1.165) is 19.3 Å². The Morgan fingerprint density at radius 2 is 1.85 bits per heavy atom. The summed E-state index contributed by atoms with van der Waals surface area (Å²) in [7, 11) is 0. The minimum Gasteiger partial charge on any atom is -0.392 e. The standard InChI is InChI=1S/C14H25N3O2S/c1-10(2)17-11(18)6-9-16-13(19)14(12(15)20)7-4-3-5-8-14/h10H,3-9H2,1-2H3,(H2,15,20)(H,16,19)(H,17,18). The van der Waals surface area contributed by atoms with E-state index in [1.165, 1.54) is 0 Å². The number of hydrogen-bond acceptors (Lipinski definition) is 3. The van der Waals surface area contributed by atoms with Crippen LogP contribution in [0.1, 0.15) is 52.4 Å². The maximum Gasteiger partial charge on any atom is 0.233 e. The summed E-state index contributed by atoms with van der Waals surface area (Å²) in [5, 5.41) is 5.60. The van der Waals surface area contributed by atoms with Gasteiger partial charge in [-0.1, -0.05) is 31.5 Å². The van der Waals surface area contributed by atoms with Crippen molar-refractivity contribution in [3.05, 3.63) is 0 Å². The van der Waals surface area contributed by atoms with Crippen molar-refractivity contribution < 1.29 is 9.59 Å². The molecule has 1 rings (SSSR count). The summed E-state index contributed by atoms with van der Waals surface area (Å²) in [5.74, 6) is -0.185. The van der Waals surface area contributed by atoms with Crippen molar-refractivity contribution in [3.63, 3.8) is 0 Å². The number of rotatable bonds is 6. The van der Waals surface area contributed by atoms with Crippen LogP contribution >= 0.6 is 12.2 Å². The second-order valence-corrected chi connectivity index (χ2v) is 6.17. The predicted octanol–water partition coefficient (Wildman–Crippen LogP) is 1.25. The van der Waals surface area contributed by atoms with Crippen LogP contribution in [0.5, 0.6) is 0 Å². The molecule has 0 radical (unpaired) electrons. The molecule has 0 bridgehead atoms. The molecular weight excluding hydrogens is 274 g/mol. The SMILES string of the molecule is CC(C)NC(=O)CCNC(=O)C1(C(N)=S)CCCCC1. The van der Waals surface area contributed by atoms with Crippen molar-refractivity contribution in [2.75, 3.05) is 6.54 Å². The van der Waals surface area contributed by atoms with E-state index in [0.29, 0.717) is 19.4 Å². The Hall–Kier alpha value is -1.17. The van der Waals surface area contributed by atoms with Gasteiger partial charge < -0.3 is 16.4 Å². The molecule has 0 unspecified atom stereocenters. The van der Waals surface area contributed by atoms with E-state index < -0.39 is 5.41 Å². The van der Waals surface area contributed by atoms with E-state index in [4.69, 9.17) is 18.0 Å². The van der Waals surface area contributed by atoms with Crippen molar-refractivity contribution in [3.8, 4) is 0 Å². The first-order valence-electron chi connectivity index (χ1n) is 7.26. The molecule has 0 aromatic carbocycles. The number of amides is 2. The van der Waals surface area contributed by atoms with Gasteiger partial charge in [0.05, 0.1) is 10.4 Å². The second kappa shape index (κ2) is 7.57. The van der Waals surface area contributed by atoms with Gasteiger partial charge in [0, 0.05) is 19.0 Å². The molecule has 1 aliphatic rings. The minimum absolute atomic E-state index is 0.0617. The minimum atomic E-state index is -0.706. The Kier molecular flexibility index (Phi) is 6.39. The molecule has 0 aromatic rings. The second-order valence-electron chi connectivity index (χ2n) is 5.74. The highest BCUT2D eigenvalue weighted by atomic mass is 32.1. The van der Waals surface area contributed by atoms with Crippen LogP contribution < -0.4 is 16.4 Å². The zero-order valence-electron chi connectivity index (χ0n) is 12.3. The number of hydrogen-bond donors (Lipinski definition) is 3. The Bertz CT molecular complexity index is 377. The normalized spacial score (nSPS) is 17.6. The highest BCUT2D eigenvalue weighted by Crippen LogP contribution is 2.36. The van der Waals surface area contributed by atoms with Crippen LogP contribution in [-0.2, 0) is 9.59 Å². The number of nitrogens with one attached hydrogen (secondary N) is 2. The fourth-order valence-electron chi connectivity index (χ4n) is 2.59. The zero-order chi connectivity index (χ0) is 15.2. The van der Waals surface area contributed by atoms with Crippen LogP contribution in [0.2, 0.25) is 0 Å². The van der Waals surface area contributed by atoms with E-state index >= 15 is 0 Å². The van der Waals surface area contributed by atoms with Gasteiger partial charge in [-0.3, -0.25) is 9.59 Å². The van der Waals surface area contributed by atoms with Gasteiger partial charge in [-0.05, 0) is 26.7 Å². The summed E-state index contributed by atoms with van der Waals surface area (Å²) in [4.78, 5) is 24.1. The zero-order valence-corrected chi connectivity index (χ0v) is 13.1. The molecule has 0 saturated heterocycles. The third-order valence-electron chi connectivity index (χ3n) is 3.70. The van der Waals surface area contributed by atoms with Crippen LogP contribution in [0.3, 0.4) is 0 Å². The van der Waals surface area contributed by atoms with Gasteiger partial charge in [0.2, 0.25) is 11.8 Å². The number of nitrogens with two attached hydrogens (primary N) is 1. The Morgan fingerprint density at radius 1 is 1.25 bits per heavy atom. The first kappa shape index (κ1) is 16.9. The Balaban J connectivity index is 2.47. The van der Waals surface area contributed by atoms with Gasteiger partial charge >= 0.3 is 0 Å². The van der Waals surface area contributed by atoms with Gasteiger partial charge in [0.25, 0.3) is 0 Å². The van der Waals surface area contributed by atoms with Crippen molar-refractivity contribution in [2.24, 2.45) is 11.1 Å². The average Bonchev–Trinajstić information content (AvgIpc) is 2.38. The maximum absolute atomic E-state index is 12.4. The fraction of sp³-hybridized carbons (Fsp3) is 0.786. The third-order valence-corrected chi connectivity index (χ3v) is 4.09. The van der Waals surface area contributed by atoms with Gasteiger partial charge in [0.1, 0.15) is 0 Å². The monoisotopic (exact) mass is 299 g/mol. The lowest BCUT2D eigenvalue weighted by Gasteiger charge is -2.34. The van der Waals surface area contributed by atoms with E-state index in [9.17, 15) is 9.59 Å². The average molecular weight is 299 g/mol. The first-order chi connectivity index (χ1) is 9.38. The number of thiocarbonyl (C=S) groups is 1. The van der Waals surface area contributed by atoms with Crippen LogP contribution in [0.4, 0.5) is 0 Å². The molecule has 4 N–H and O–H groups in total. The third kappa shape index (κ3) is 4.44. The molecule has 0 spiro atoms. The van der Waals surface area contributed by atoms with Gasteiger partial charge in [0.15, 0.2) is 0 Å². The molecule has 1 fully saturated rings. The molecule has 20 heavy (non-hydrogen) atoms. The van der Waals surface area contributed by atoms with Crippen molar-refractivity contribution in [2.45, 2.75) is 58.4 Å². The summed E-state index contributed by atoms with van der Waals surface area (Å²) in [6.07, 6.45) is 4.77. The van der Waals surface area contributed by atoms with Crippen LogP contribution in [0, 0.1) is 5.41 Å². The highest BCUT2D eigenvalue weighted by molar-refractivity contribution is 7.80. The molecule has 6 heteroatoms. The van der Waals surface area contributed by atoms with Gasteiger partial charge in [-0.25, -0.2) is 0 Å². The molecule has 1 aliphatic carbocycles. The molecule has 0 heterocycles. The topological polar surface area (TPSA) is 84.2 Å². The number of carbonyl (C=O) groups is 2. The summed E-state index contributed by atoms with van der Waals surface area (Å²) >= 11 is 5.10. The van der Waals surface area contributed by atoms with E-state index in [-0.39, 0.29) is 29.3 Å². The molecule has 0 aliphatic heterocycles. The molecule has 2 amide bonds.